The molecule has 0 saturated carbocycles. The second-order valence-corrected chi connectivity index (χ2v) is 6.59. The van der Waals surface area contributed by atoms with Gasteiger partial charge in [0.1, 0.15) is 11.6 Å². The highest BCUT2D eigenvalue weighted by Gasteiger charge is 2.17. The summed E-state index contributed by atoms with van der Waals surface area (Å²) in [6, 6.07) is 2.18. The number of nitrogens with one attached hydrogen (secondary N) is 2. The third-order valence-corrected chi connectivity index (χ3v) is 4.62. The molecular weight excluding hydrogens is 302 g/mol. The van der Waals surface area contributed by atoms with E-state index in [4.69, 9.17) is 4.74 Å². The lowest BCUT2D eigenvalue weighted by Crippen LogP contribution is -2.34. The first kappa shape index (κ1) is 16.3. The van der Waals surface area contributed by atoms with Crippen LogP contribution in [0, 0.1) is 11.6 Å². The third kappa shape index (κ3) is 4.99. The highest BCUT2D eigenvalue weighted by atomic mass is 32.2. The molecule has 0 atom stereocenters. The van der Waals surface area contributed by atoms with Crippen LogP contribution in [0.5, 0.6) is 0 Å². The molecule has 8 heteroatoms. The Kier molecular flexibility index (Phi) is 5.63. The SMILES string of the molecule is O=S(=O)(NCCOC1CCNCC1)c1cc(F)cc(F)c1. The molecule has 0 amide bonds. The maximum atomic E-state index is 13.0. The number of ether oxygens (including phenoxy) is 1. The summed E-state index contributed by atoms with van der Waals surface area (Å²) < 4.78 is 57.6. The van der Waals surface area contributed by atoms with Gasteiger partial charge in [-0.05, 0) is 38.1 Å². The fraction of sp³-hybridized carbons (Fsp3) is 0.538. The number of hydrogen-bond acceptors (Lipinski definition) is 4. The number of hydrogen-bond donors (Lipinski definition) is 2. The molecule has 0 unspecified atom stereocenters. The Hall–Kier alpha value is -1.09. The van der Waals surface area contributed by atoms with Crippen LogP contribution in [-0.2, 0) is 14.8 Å². The molecule has 1 aromatic rings. The second-order valence-electron chi connectivity index (χ2n) is 4.82. The van der Waals surface area contributed by atoms with Gasteiger partial charge in [-0.1, -0.05) is 0 Å². The highest BCUT2D eigenvalue weighted by Crippen LogP contribution is 2.13. The average molecular weight is 320 g/mol. The van der Waals surface area contributed by atoms with E-state index in [2.05, 4.69) is 10.0 Å². The lowest BCUT2D eigenvalue weighted by molar-refractivity contribution is 0.0367. The van der Waals surface area contributed by atoms with Gasteiger partial charge in [0.25, 0.3) is 0 Å². The molecule has 1 aliphatic rings. The van der Waals surface area contributed by atoms with Crippen molar-refractivity contribution in [1.29, 1.82) is 0 Å². The minimum absolute atomic E-state index is 0.0599. The van der Waals surface area contributed by atoms with Gasteiger partial charge >= 0.3 is 0 Å². The molecular formula is C13H18F2N2O3S. The van der Waals surface area contributed by atoms with Crippen molar-refractivity contribution < 1.29 is 21.9 Å². The van der Waals surface area contributed by atoms with E-state index in [-0.39, 0.29) is 19.3 Å². The Morgan fingerprint density at radius 1 is 1.19 bits per heavy atom. The zero-order chi connectivity index (χ0) is 15.3. The van der Waals surface area contributed by atoms with Gasteiger partial charge in [0.2, 0.25) is 10.0 Å². The Morgan fingerprint density at radius 2 is 1.81 bits per heavy atom. The smallest absolute Gasteiger partial charge is 0.240 e. The van der Waals surface area contributed by atoms with Crippen LogP contribution in [-0.4, -0.2) is 40.8 Å². The molecule has 0 aliphatic carbocycles. The largest absolute Gasteiger partial charge is 0.377 e. The van der Waals surface area contributed by atoms with Gasteiger partial charge in [0.05, 0.1) is 17.6 Å². The summed E-state index contributed by atoms with van der Waals surface area (Å²) in [5.74, 6) is -1.86. The van der Waals surface area contributed by atoms with Crippen LogP contribution in [0.25, 0.3) is 0 Å². The lowest BCUT2D eigenvalue weighted by atomic mass is 10.1. The molecule has 21 heavy (non-hydrogen) atoms. The van der Waals surface area contributed by atoms with Gasteiger partial charge in [0.15, 0.2) is 0 Å². The Labute approximate surface area is 122 Å². The molecule has 0 radical (unpaired) electrons. The normalized spacial score (nSPS) is 17.0. The summed E-state index contributed by atoms with van der Waals surface area (Å²) in [5.41, 5.74) is 0. The van der Waals surface area contributed by atoms with Crippen LogP contribution in [0.1, 0.15) is 12.8 Å². The molecule has 5 nitrogen and oxygen atoms in total. The fourth-order valence-electron chi connectivity index (χ4n) is 2.13. The molecule has 1 aliphatic heterocycles. The minimum Gasteiger partial charge on any atom is -0.377 e. The summed E-state index contributed by atoms with van der Waals surface area (Å²) >= 11 is 0. The molecule has 1 aromatic carbocycles. The Morgan fingerprint density at radius 3 is 2.43 bits per heavy atom. The summed E-state index contributed by atoms with van der Waals surface area (Å²) in [4.78, 5) is -0.429. The van der Waals surface area contributed by atoms with Gasteiger partial charge < -0.3 is 10.1 Å². The summed E-state index contributed by atoms with van der Waals surface area (Å²) in [6.45, 7) is 2.06. The van der Waals surface area contributed by atoms with Crippen molar-refractivity contribution in [2.45, 2.75) is 23.8 Å². The third-order valence-electron chi connectivity index (χ3n) is 3.18. The predicted molar refractivity (Wildman–Crippen MR) is 73.4 cm³/mol. The van der Waals surface area contributed by atoms with Crippen molar-refractivity contribution in [3.63, 3.8) is 0 Å². The average Bonchev–Trinajstić information content (AvgIpc) is 2.44. The van der Waals surface area contributed by atoms with Crippen molar-refractivity contribution in [3.05, 3.63) is 29.8 Å². The number of sulfonamides is 1. The second kappa shape index (κ2) is 7.26. The summed E-state index contributed by atoms with van der Waals surface area (Å²) in [7, 11) is -3.93. The Balaban J connectivity index is 1.83. The molecule has 0 spiro atoms. The van der Waals surface area contributed by atoms with E-state index < -0.39 is 26.6 Å². The maximum absolute atomic E-state index is 13.0. The highest BCUT2D eigenvalue weighted by molar-refractivity contribution is 7.89. The van der Waals surface area contributed by atoms with E-state index in [1.165, 1.54) is 0 Å². The van der Waals surface area contributed by atoms with Gasteiger partial charge in [-0.25, -0.2) is 21.9 Å². The van der Waals surface area contributed by atoms with Gasteiger partial charge in [-0.3, -0.25) is 0 Å². The van der Waals surface area contributed by atoms with E-state index in [9.17, 15) is 17.2 Å². The van der Waals surface area contributed by atoms with Crippen molar-refractivity contribution in [2.75, 3.05) is 26.2 Å². The first-order chi connectivity index (χ1) is 9.97. The molecule has 2 rings (SSSR count). The fourth-order valence-corrected chi connectivity index (χ4v) is 3.18. The molecule has 1 saturated heterocycles. The summed E-state index contributed by atoms with van der Waals surface area (Å²) in [5, 5.41) is 3.20. The van der Waals surface area contributed by atoms with Gasteiger partial charge in [0, 0.05) is 12.6 Å². The van der Waals surface area contributed by atoms with Crippen LogP contribution in [0.3, 0.4) is 0 Å². The molecule has 1 heterocycles. The number of piperidine rings is 1. The van der Waals surface area contributed by atoms with E-state index >= 15 is 0 Å². The maximum Gasteiger partial charge on any atom is 0.240 e. The molecule has 1 fully saturated rings. The van der Waals surface area contributed by atoms with Gasteiger partial charge in [-0.15, -0.1) is 0 Å². The zero-order valence-electron chi connectivity index (χ0n) is 11.4. The first-order valence-corrected chi connectivity index (χ1v) is 8.24. The summed E-state index contributed by atoms with van der Waals surface area (Å²) in [6.07, 6.45) is 1.91. The molecule has 2 N–H and O–H groups in total. The van der Waals surface area contributed by atoms with Crippen LogP contribution in [0.2, 0.25) is 0 Å². The van der Waals surface area contributed by atoms with Crippen LogP contribution < -0.4 is 10.0 Å². The van der Waals surface area contributed by atoms with Crippen LogP contribution >= 0.6 is 0 Å². The van der Waals surface area contributed by atoms with Crippen molar-refractivity contribution >= 4 is 10.0 Å². The van der Waals surface area contributed by atoms with Crippen molar-refractivity contribution in [2.24, 2.45) is 0 Å². The van der Waals surface area contributed by atoms with Gasteiger partial charge in [-0.2, -0.15) is 0 Å². The standard InChI is InChI=1S/C13H18F2N2O3S/c14-10-7-11(15)9-13(8-10)21(18,19)17-5-6-20-12-1-3-16-4-2-12/h7-9,12,16-17H,1-6H2. The number of rotatable bonds is 6. The van der Waals surface area contributed by atoms with Crippen LogP contribution in [0.4, 0.5) is 8.78 Å². The van der Waals surface area contributed by atoms with E-state index in [1.807, 2.05) is 0 Å². The van der Waals surface area contributed by atoms with E-state index in [0.29, 0.717) is 6.07 Å². The quantitative estimate of drug-likeness (QED) is 0.768. The minimum atomic E-state index is -3.93. The Bertz CT molecular complexity index is 555. The van der Waals surface area contributed by atoms with Crippen molar-refractivity contribution in [3.8, 4) is 0 Å². The molecule has 0 aromatic heterocycles. The van der Waals surface area contributed by atoms with E-state index in [1.54, 1.807) is 0 Å². The lowest BCUT2D eigenvalue weighted by Gasteiger charge is -2.22. The van der Waals surface area contributed by atoms with Crippen LogP contribution in [0.15, 0.2) is 23.1 Å². The van der Waals surface area contributed by atoms with Crippen molar-refractivity contribution in [1.82, 2.24) is 10.0 Å². The topological polar surface area (TPSA) is 67.4 Å². The number of benzene rings is 1. The molecule has 0 bridgehead atoms. The zero-order valence-corrected chi connectivity index (χ0v) is 12.3. The number of halogens is 2. The van der Waals surface area contributed by atoms with E-state index in [0.717, 1.165) is 38.1 Å². The first-order valence-electron chi connectivity index (χ1n) is 6.75. The monoisotopic (exact) mass is 320 g/mol. The predicted octanol–water partition coefficient (Wildman–Crippen LogP) is 1.01. The molecule has 118 valence electrons.